The molecule has 0 aliphatic heterocycles. The van der Waals surface area contributed by atoms with E-state index in [1.165, 1.54) is 16.5 Å². The van der Waals surface area contributed by atoms with E-state index in [4.69, 9.17) is 0 Å². The van der Waals surface area contributed by atoms with Crippen molar-refractivity contribution in [3.8, 4) is 0 Å². The fourth-order valence-electron chi connectivity index (χ4n) is 2.33. The third kappa shape index (κ3) is 2.77. The van der Waals surface area contributed by atoms with Crippen molar-refractivity contribution in [2.24, 2.45) is 0 Å². The molecule has 0 saturated carbocycles. The van der Waals surface area contributed by atoms with Gasteiger partial charge in [0.15, 0.2) is 0 Å². The van der Waals surface area contributed by atoms with Gasteiger partial charge in [0.05, 0.1) is 11.4 Å². The zero-order valence-corrected chi connectivity index (χ0v) is 12.1. The van der Waals surface area contributed by atoms with Crippen molar-refractivity contribution >= 4 is 17.2 Å². The summed E-state index contributed by atoms with van der Waals surface area (Å²) in [5.74, 6) is -2.81. The number of pyridine rings is 1. The molecular weight excluding hydrogens is 307 g/mol. The summed E-state index contributed by atoms with van der Waals surface area (Å²) in [7, 11) is 0. The van der Waals surface area contributed by atoms with Crippen LogP contribution in [0.25, 0.3) is 5.65 Å². The smallest absolute Gasteiger partial charge is 0.274 e. The van der Waals surface area contributed by atoms with Crippen LogP contribution in [0.15, 0.2) is 36.5 Å². The van der Waals surface area contributed by atoms with Crippen LogP contribution >= 0.6 is 0 Å². The standard InChI is InChI=1S/C16H12F3N3O/c1-2-12-15(22-8-10(18)4-6-14(22)20-12)16(23)21-13-5-3-9(17)7-11(13)19/h3-8H,2H2,1H3,(H,21,23). The maximum atomic E-state index is 13.7. The van der Waals surface area contributed by atoms with E-state index in [1.54, 1.807) is 6.92 Å². The first kappa shape index (κ1) is 15.1. The van der Waals surface area contributed by atoms with E-state index in [-0.39, 0.29) is 11.4 Å². The van der Waals surface area contributed by atoms with Gasteiger partial charge in [0.2, 0.25) is 0 Å². The molecule has 118 valence electrons. The van der Waals surface area contributed by atoms with Gasteiger partial charge < -0.3 is 5.32 Å². The summed E-state index contributed by atoms with van der Waals surface area (Å²) in [5.41, 5.74) is 0.819. The molecule has 3 rings (SSSR count). The number of hydrogen-bond donors (Lipinski definition) is 1. The average Bonchev–Trinajstić information content (AvgIpc) is 2.87. The summed E-state index contributed by atoms with van der Waals surface area (Å²) in [6, 6.07) is 5.52. The Bertz CT molecular complexity index is 905. The monoisotopic (exact) mass is 319 g/mol. The molecule has 0 unspecified atom stereocenters. The van der Waals surface area contributed by atoms with Gasteiger partial charge in [-0.3, -0.25) is 9.20 Å². The highest BCUT2D eigenvalue weighted by molar-refractivity contribution is 6.04. The number of fused-ring (bicyclic) bond motifs is 1. The quantitative estimate of drug-likeness (QED) is 0.802. The fraction of sp³-hybridized carbons (Fsp3) is 0.125. The summed E-state index contributed by atoms with van der Waals surface area (Å²) in [5, 5.41) is 2.36. The van der Waals surface area contributed by atoms with E-state index < -0.39 is 23.4 Å². The number of nitrogens with zero attached hydrogens (tertiary/aromatic N) is 2. The number of benzene rings is 1. The van der Waals surface area contributed by atoms with Gasteiger partial charge >= 0.3 is 0 Å². The van der Waals surface area contributed by atoms with Gasteiger partial charge in [-0.15, -0.1) is 0 Å². The second-order valence-electron chi connectivity index (χ2n) is 4.91. The summed E-state index contributed by atoms with van der Waals surface area (Å²) in [6.45, 7) is 1.80. The highest BCUT2D eigenvalue weighted by atomic mass is 19.1. The molecule has 1 N–H and O–H groups in total. The Labute approximate surface area is 129 Å². The molecule has 0 aliphatic carbocycles. The molecular formula is C16H12F3N3O. The first-order valence-electron chi connectivity index (χ1n) is 6.92. The maximum absolute atomic E-state index is 13.7. The predicted octanol–water partition coefficient (Wildman–Crippen LogP) is 3.57. The number of nitrogens with one attached hydrogen (secondary N) is 1. The van der Waals surface area contributed by atoms with Crippen molar-refractivity contribution in [1.29, 1.82) is 0 Å². The van der Waals surface area contributed by atoms with E-state index in [1.807, 2.05) is 0 Å². The van der Waals surface area contributed by atoms with E-state index >= 15 is 0 Å². The number of aryl methyl sites for hydroxylation is 1. The average molecular weight is 319 g/mol. The molecule has 1 amide bonds. The van der Waals surface area contributed by atoms with Crippen LogP contribution in [0.4, 0.5) is 18.9 Å². The number of aromatic nitrogens is 2. The second kappa shape index (κ2) is 5.75. The van der Waals surface area contributed by atoms with Gasteiger partial charge in [-0.25, -0.2) is 18.2 Å². The molecule has 0 atom stereocenters. The minimum atomic E-state index is -0.892. The number of carbonyl (C=O) groups excluding carboxylic acids is 1. The van der Waals surface area contributed by atoms with Gasteiger partial charge in [0.1, 0.15) is 28.8 Å². The first-order valence-corrected chi connectivity index (χ1v) is 6.92. The number of imidazole rings is 1. The number of halogens is 3. The SMILES string of the molecule is CCc1nc2ccc(F)cn2c1C(=O)Nc1ccc(F)cc1F. The van der Waals surface area contributed by atoms with Crippen LogP contribution in [0.5, 0.6) is 0 Å². The molecule has 1 aromatic carbocycles. The molecule has 3 aromatic rings. The van der Waals surface area contributed by atoms with Crippen LogP contribution < -0.4 is 5.32 Å². The Morgan fingerprint density at radius 3 is 2.61 bits per heavy atom. The Balaban J connectivity index is 2.04. The number of amides is 1. The molecule has 0 spiro atoms. The van der Waals surface area contributed by atoms with Crippen LogP contribution in [0.2, 0.25) is 0 Å². The third-order valence-corrected chi connectivity index (χ3v) is 3.38. The lowest BCUT2D eigenvalue weighted by Crippen LogP contribution is -2.17. The van der Waals surface area contributed by atoms with E-state index in [0.717, 1.165) is 18.3 Å². The summed E-state index contributed by atoms with van der Waals surface area (Å²) in [4.78, 5) is 16.7. The molecule has 7 heteroatoms. The highest BCUT2D eigenvalue weighted by Crippen LogP contribution is 2.19. The van der Waals surface area contributed by atoms with Crippen LogP contribution in [0.3, 0.4) is 0 Å². The number of carbonyl (C=O) groups is 1. The van der Waals surface area contributed by atoms with Crippen molar-refractivity contribution in [2.45, 2.75) is 13.3 Å². The van der Waals surface area contributed by atoms with Crippen molar-refractivity contribution in [3.63, 3.8) is 0 Å². The van der Waals surface area contributed by atoms with Gasteiger partial charge in [-0.1, -0.05) is 6.92 Å². The molecule has 0 aliphatic rings. The summed E-state index contributed by atoms with van der Waals surface area (Å²) >= 11 is 0. The van der Waals surface area contributed by atoms with Crippen LogP contribution in [0.1, 0.15) is 23.1 Å². The second-order valence-corrected chi connectivity index (χ2v) is 4.91. The summed E-state index contributed by atoms with van der Waals surface area (Å²) < 4.78 is 41.4. The topological polar surface area (TPSA) is 46.4 Å². The zero-order chi connectivity index (χ0) is 16.6. The van der Waals surface area contributed by atoms with Crippen molar-refractivity contribution in [2.75, 3.05) is 5.32 Å². The van der Waals surface area contributed by atoms with Crippen LogP contribution in [-0.4, -0.2) is 15.3 Å². The minimum absolute atomic E-state index is 0.116. The maximum Gasteiger partial charge on any atom is 0.274 e. The Morgan fingerprint density at radius 1 is 1.17 bits per heavy atom. The number of rotatable bonds is 3. The van der Waals surface area contributed by atoms with Crippen LogP contribution in [-0.2, 0) is 6.42 Å². The van der Waals surface area contributed by atoms with Crippen LogP contribution in [0, 0.1) is 17.5 Å². The fourth-order valence-corrected chi connectivity index (χ4v) is 2.33. The van der Waals surface area contributed by atoms with Gasteiger partial charge in [-0.2, -0.15) is 0 Å². The Kier molecular flexibility index (Phi) is 3.77. The third-order valence-electron chi connectivity index (χ3n) is 3.38. The van der Waals surface area contributed by atoms with Gasteiger partial charge in [-0.05, 0) is 30.7 Å². The lowest BCUT2D eigenvalue weighted by atomic mass is 10.2. The lowest BCUT2D eigenvalue weighted by molar-refractivity contribution is 0.102. The van der Waals surface area contributed by atoms with Gasteiger partial charge in [0, 0.05) is 12.3 Å². The molecule has 4 nitrogen and oxygen atoms in total. The number of hydrogen-bond acceptors (Lipinski definition) is 2. The molecule has 0 fully saturated rings. The number of anilines is 1. The summed E-state index contributed by atoms with van der Waals surface area (Å²) in [6.07, 6.45) is 1.58. The molecule has 0 bridgehead atoms. The molecule has 0 saturated heterocycles. The molecule has 2 aromatic heterocycles. The van der Waals surface area contributed by atoms with E-state index in [9.17, 15) is 18.0 Å². The normalized spacial score (nSPS) is 11.0. The highest BCUT2D eigenvalue weighted by Gasteiger charge is 2.20. The molecule has 23 heavy (non-hydrogen) atoms. The Hall–Kier alpha value is -2.83. The van der Waals surface area contributed by atoms with E-state index in [0.29, 0.717) is 23.8 Å². The first-order chi connectivity index (χ1) is 11.0. The molecule has 0 radical (unpaired) electrons. The zero-order valence-electron chi connectivity index (χ0n) is 12.1. The van der Waals surface area contributed by atoms with Gasteiger partial charge in [0.25, 0.3) is 5.91 Å². The lowest BCUT2D eigenvalue weighted by Gasteiger charge is -2.07. The minimum Gasteiger partial charge on any atom is -0.318 e. The van der Waals surface area contributed by atoms with Crippen molar-refractivity contribution in [3.05, 3.63) is 65.4 Å². The van der Waals surface area contributed by atoms with E-state index in [2.05, 4.69) is 10.3 Å². The molecule has 2 heterocycles. The largest absolute Gasteiger partial charge is 0.318 e. The van der Waals surface area contributed by atoms with Crippen molar-refractivity contribution in [1.82, 2.24) is 9.38 Å². The predicted molar refractivity (Wildman–Crippen MR) is 78.8 cm³/mol. The van der Waals surface area contributed by atoms with Crippen molar-refractivity contribution < 1.29 is 18.0 Å². The Morgan fingerprint density at radius 2 is 1.91 bits per heavy atom.